The van der Waals surface area contributed by atoms with Crippen LogP contribution in [-0.4, -0.2) is 29.9 Å². The van der Waals surface area contributed by atoms with Gasteiger partial charge < -0.3 is 15.7 Å². The monoisotopic (exact) mass is 328 g/mol. The number of rotatable bonds is 4. The van der Waals surface area contributed by atoms with E-state index in [9.17, 15) is 19.5 Å². The number of amides is 2. The number of fused-ring (bicyclic) bond motifs is 2. The van der Waals surface area contributed by atoms with Gasteiger partial charge in [-0.05, 0) is 37.3 Å². The zero-order valence-corrected chi connectivity index (χ0v) is 13.6. The van der Waals surface area contributed by atoms with Gasteiger partial charge in [0.15, 0.2) is 0 Å². The minimum atomic E-state index is -0.942. The normalized spacial score (nSPS) is 27.1. The Morgan fingerprint density at radius 1 is 1.12 bits per heavy atom. The third kappa shape index (κ3) is 2.68. The van der Waals surface area contributed by atoms with E-state index in [0.29, 0.717) is 17.7 Å². The Morgan fingerprint density at radius 2 is 1.79 bits per heavy atom. The summed E-state index contributed by atoms with van der Waals surface area (Å²) in [6.07, 6.45) is 4.53. The standard InChI is InChI=1S/C18H20N2O4/c1-9-3-6-13(12(7-9)16(21)19-2)20-17(22)14-10-4-5-11(8-10)15(14)18(23)24/h3-7,10-11,14-15H,8H2,1-2H3,(H,19,21)(H,20,22)(H,23,24). The first-order chi connectivity index (χ1) is 11.4. The summed E-state index contributed by atoms with van der Waals surface area (Å²) in [6.45, 7) is 1.86. The molecule has 0 heterocycles. The largest absolute Gasteiger partial charge is 0.481 e. The highest BCUT2D eigenvalue weighted by Crippen LogP contribution is 2.48. The number of carboxylic acids is 1. The lowest BCUT2D eigenvalue weighted by molar-refractivity contribution is -0.146. The Bertz CT molecular complexity index is 741. The van der Waals surface area contributed by atoms with E-state index in [2.05, 4.69) is 10.6 Å². The fourth-order valence-corrected chi connectivity index (χ4v) is 3.82. The highest BCUT2D eigenvalue weighted by molar-refractivity contribution is 6.05. The van der Waals surface area contributed by atoms with Crippen LogP contribution in [0.1, 0.15) is 22.3 Å². The molecule has 3 N–H and O–H groups in total. The Morgan fingerprint density at radius 3 is 2.42 bits per heavy atom. The summed E-state index contributed by atoms with van der Waals surface area (Å²) in [7, 11) is 1.53. The second kappa shape index (κ2) is 6.11. The van der Waals surface area contributed by atoms with Gasteiger partial charge in [0, 0.05) is 7.05 Å². The molecule has 6 nitrogen and oxygen atoms in total. The van der Waals surface area contributed by atoms with Crippen LogP contribution >= 0.6 is 0 Å². The molecule has 24 heavy (non-hydrogen) atoms. The second-order valence-corrected chi connectivity index (χ2v) is 6.46. The first-order valence-electron chi connectivity index (χ1n) is 7.97. The van der Waals surface area contributed by atoms with Crippen molar-refractivity contribution in [3.8, 4) is 0 Å². The van der Waals surface area contributed by atoms with Crippen LogP contribution in [0.15, 0.2) is 30.4 Å². The molecular formula is C18H20N2O4. The summed E-state index contributed by atoms with van der Waals surface area (Å²) in [5, 5.41) is 14.8. The SMILES string of the molecule is CNC(=O)c1cc(C)ccc1NC(=O)C1C2C=CC(C2)C1C(=O)O. The van der Waals surface area contributed by atoms with Crippen molar-refractivity contribution in [1.29, 1.82) is 0 Å². The van der Waals surface area contributed by atoms with Gasteiger partial charge in [0.25, 0.3) is 5.91 Å². The number of nitrogens with one attached hydrogen (secondary N) is 2. The van der Waals surface area contributed by atoms with Crippen molar-refractivity contribution in [3.63, 3.8) is 0 Å². The van der Waals surface area contributed by atoms with Gasteiger partial charge in [0.1, 0.15) is 0 Å². The average Bonchev–Trinajstić information content (AvgIpc) is 3.16. The molecule has 2 aliphatic carbocycles. The van der Waals surface area contributed by atoms with Crippen molar-refractivity contribution < 1.29 is 19.5 Å². The maximum Gasteiger partial charge on any atom is 0.307 e. The summed E-state index contributed by atoms with van der Waals surface area (Å²) < 4.78 is 0. The number of benzene rings is 1. The van der Waals surface area contributed by atoms with Gasteiger partial charge in [0.2, 0.25) is 5.91 Å². The summed E-state index contributed by atoms with van der Waals surface area (Å²) >= 11 is 0. The zero-order valence-electron chi connectivity index (χ0n) is 13.6. The molecule has 2 aliphatic rings. The maximum absolute atomic E-state index is 12.7. The van der Waals surface area contributed by atoms with Crippen LogP contribution in [-0.2, 0) is 9.59 Å². The highest BCUT2D eigenvalue weighted by Gasteiger charge is 2.51. The molecule has 2 bridgehead atoms. The van der Waals surface area contributed by atoms with E-state index in [0.717, 1.165) is 5.56 Å². The third-order valence-electron chi connectivity index (χ3n) is 4.95. The molecule has 3 rings (SSSR count). The van der Waals surface area contributed by atoms with Gasteiger partial charge in [-0.1, -0.05) is 23.8 Å². The van der Waals surface area contributed by atoms with Gasteiger partial charge in [0.05, 0.1) is 23.1 Å². The Kier molecular flexibility index (Phi) is 4.13. The molecule has 4 atom stereocenters. The van der Waals surface area contributed by atoms with Crippen molar-refractivity contribution in [1.82, 2.24) is 5.32 Å². The van der Waals surface area contributed by atoms with Crippen molar-refractivity contribution in [3.05, 3.63) is 41.5 Å². The number of carboxylic acid groups (broad SMARTS) is 1. The Hall–Kier alpha value is -2.63. The molecule has 0 aromatic heterocycles. The van der Waals surface area contributed by atoms with Crippen LogP contribution in [0.2, 0.25) is 0 Å². The van der Waals surface area contributed by atoms with Gasteiger partial charge >= 0.3 is 5.97 Å². The lowest BCUT2D eigenvalue weighted by Gasteiger charge is -2.24. The van der Waals surface area contributed by atoms with Crippen LogP contribution in [0.25, 0.3) is 0 Å². The molecule has 2 amide bonds. The number of allylic oxidation sites excluding steroid dienone is 2. The van der Waals surface area contributed by atoms with Crippen LogP contribution in [0.3, 0.4) is 0 Å². The molecule has 1 fully saturated rings. The van der Waals surface area contributed by atoms with Gasteiger partial charge in [-0.3, -0.25) is 14.4 Å². The molecule has 0 radical (unpaired) electrons. The summed E-state index contributed by atoms with van der Waals surface area (Å²) in [4.78, 5) is 36.3. The fourth-order valence-electron chi connectivity index (χ4n) is 3.82. The van der Waals surface area contributed by atoms with E-state index < -0.39 is 17.8 Å². The van der Waals surface area contributed by atoms with Crippen LogP contribution < -0.4 is 10.6 Å². The average molecular weight is 328 g/mol. The number of hydrogen-bond acceptors (Lipinski definition) is 3. The highest BCUT2D eigenvalue weighted by atomic mass is 16.4. The number of aliphatic carboxylic acids is 1. The fraction of sp³-hybridized carbons (Fsp3) is 0.389. The minimum absolute atomic E-state index is 0.0509. The molecule has 1 saturated carbocycles. The molecule has 0 spiro atoms. The summed E-state index contributed by atoms with van der Waals surface area (Å²) in [5.74, 6) is -3.01. The van der Waals surface area contributed by atoms with E-state index >= 15 is 0 Å². The Balaban J connectivity index is 1.87. The molecular weight excluding hydrogens is 308 g/mol. The lowest BCUT2D eigenvalue weighted by atomic mass is 9.82. The zero-order chi connectivity index (χ0) is 17.4. The van der Waals surface area contributed by atoms with Crippen molar-refractivity contribution in [2.75, 3.05) is 12.4 Å². The molecule has 6 heteroatoms. The third-order valence-corrected chi connectivity index (χ3v) is 4.95. The van der Waals surface area contributed by atoms with E-state index in [4.69, 9.17) is 0 Å². The van der Waals surface area contributed by atoms with E-state index in [1.807, 2.05) is 19.1 Å². The smallest absolute Gasteiger partial charge is 0.307 e. The van der Waals surface area contributed by atoms with Crippen molar-refractivity contribution >= 4 is 23.5 Å². The number of carbonyl (C=O) groups is 3. The summed E-state index contributed by atoms with van der Waals surface area (Å²) in [5.41, 5.74) is 1.68. The van der Waals surface area contributed by atoms with E-state index in [-0.39, 0.29) is 23.7 Å². The molecule has 1 aromatic rings. The quantitative estimate of drug-likeness (QED) is 0.735. The number of hydrogen-bond donors (Lipinski definition) is 3. The molecule has 126 valence electrons. The van der Waals surface area contributed by atoms with Crippen LogP contribution in [0, 0.1) is 30.6 Å². The molecule has 1 aromatic carbocycles. The molecule has 4 unspecified atom stereocenters. The number of anilines is 1. The predicted molar refractivity (Wildman–Crippen MR) is 88.6 cm³/mol. The first-order valence-corrected chi connectivity index (χ1v) is 7.97. The topological polar surface area (TPSA) is 95.5 Å². The lowest BCUT2D eigenvalue weighted by Crippen LogP contribution is -2.36. The first kappa shape index (κ1) is 16.2. The maximum atomic E-state index is 12.7. The van der Waals surface area contributed by atoms with Crippen LogP contribution in [0.5, 0.6) is 0 Å². The summed E-state index contributed by atoms with van der Waals surface area (Å²) in [6, 6.07) is 5.18. The predicted octanol–water partition coefficient (Wildman–Crippen LogP) is 1.82. The second-order valence-electron chi connectivity index (χ2n) is 6.46. The van der Waals surface area contributed by atoms with Gasteiger partial charge in [-0.25, -0.2) is 0 Å². The number of carbonyl (C=O) groups excluding carboxylic acids is 2. The van der Waals surface area contributed by atoms with E-state index in [1.165, 1.54) is 7.05 Å². The minimum Gasteiger partial charge on any atom is -0.481 e. The molecule has 0 aliphatic heterocycles. The van der Waals surface area contributed by atoms with Crippen molar-refractivity contribution in [2.45, 2.75) is 13.3 Å². The Labute approximate surface area is 139 Å². The molecule has 0 saturated heterocycles. The number of aryl methyl sites for hydroxylation is 1. The van der Waals surface area contributed by atoms with E-state index in [1.54, 1.807) is 18.2 Å². The van der Waals surface area contributed by atoms with Crippen LogP contribution in [0.4, 0.5) is 5.69 Å². The van der Waals surface area contributed by atoms with Crippen molar-refractivity contribution in [2.24, 2.45) is 23.7 Å². The van der Waals surface area contributed by atoms with Gasteiger partial charge in [-0.2, -0.15) is 0 Å². The van der Waals surface area contributed by atoms with Gasteiger partial charge in [-0.15, -0.1) is 0 Å².